The average molecular weight is 443 g/mol. The molecule has 3 aromatic rings. The summed E-state index contributed by atoms with van der Waals surface area (Å²) in [5.41, 5.74) is 2.34. The van der Waals surface area contributed by atoms with E-state index in [0.29, 0.717) is 23.1 Å². The van der Waals surface area contributed by atoms with Crippen molar-refractivity contribution in [2.24, 2.45) is 0 Å². The molecule has 0 saturated heterocycles. The zero-order valence-corrected chi connectivity index (χ0v) is 19.2. The molecule has 0 radical (unpaired) electrons. The Balaban J connectivity index is 1.98. The molecule has 2 aromatic carbocycles. The fourth-order valence-corrected chi connectivity index (χ4v) is 4.00. The van der Waals surface area contributed by atoms with E-state index in [9.17, 15) is 9.18 Å². The molecule has 1 aromatic heterocycles. The number of nitrogens with zero attached hydrogens (tertiary/aromatic N) is 4. The fraction of sp³-hybridized carbons (Fsp3) is 0.348. The third-order valence-electron chi connectivity index (χ3n) is 5.02. The van der Waals surface area contributed by atoms with Crippen LogP contribution < -0.4 is 4.74 Å². The van der Waals surface area contributed by atoms with E-state index < -0.39 is 0 Å². The van der Waals surface area contributed by atoms with Crippen LogP contribution >= 0.6 is 11.8 Å². The zero-order chi connectivity index (χ0) is 22.5. The first-order chi connectivity index (χ1) is 14.8. The predicted molar refractivity (Wildman–Crippen MR) is 121 cm³/mol. The first kappa shape index (κ1) is 23.0. The van der Waals surface area contributed by atoms with Gasteiger partial charge in [0, 0.05) is 22.6 Å². The third-order valence-corrected chi connectivity index (χ3v) is 5.99. The Hall–Kier alpha value is -2.71. The molecule has 31 heavy (non-hydrogen) atoms. The highest BCUT2D eigenvalue weighted by Crippen LogP contribution is 2.32. The monoisotopic (exact) mass is 442 g/mol. The third kappa shape index (κ3) is 5.32. The maximum Gasteiger partial charge on any atom is 0.196 e. The van der Waals surface area contributed by atoms with Crippen molar-refractivity contribution in [2.75, 3.05) is 20.7 Å². The smallest absolute Gasteiger partial charge is 0.196 e. The van der Waals surface area contributed by atoms with Gasteiger partial charge in [-0.05, 0) is 77.3 Å². The molecule has 1 unspecified atom stereocenters. The number of halogens is 1. The molecule has 0 fully saturated rings. The van der Waals surface area contributed by atoms with E-state index in [0.717, 1.165) is 22.8 Å². The van der Waals surface area contributed by atoms with Crippen molar-refractivity contribution >= 4 is 17.5 Å². The van der Waals surface area contributed by atoms with Crippen molar-refractivity contribution in [1.29, 1.82) is 0 Å². The summed E-state index contributed by atoms with van der Waals surface area (Å²) in [4.78, 5) is 13.9. The van der Waals surface area contributed by atoms with Crippen LogP contribution in [0.4, 0.5) is 4.39 Å². The van der Waals surface area contributed by atoms with Gasteiger partial charge in [-0.2, -0.15) is 0 Å². The second kappa shape index (κ2) is 10.1. The molecule has 0 spiro atoms. The van der Waals surface area contributed by atoms with E-state index in [4.69, 9.17) is 4.74 Å². The van der Waals surface area contributed by atoms with Gasteiger partial charge in [-0.25, -0.2) is 4.39 Å². The summed E-state index contributed by atoms with van der Waals surface area (Å²) in [6, 6.07) is 11.8. The Bertz CT molecular complexity index is 1050. The van der Waals surface area contributed by atoms with E-state index in [2.05, 4.69) is 10.2 Å². The van der Waals surface area contributed by atoms with E-state index in [1.165, 1.54) is 23.9 Å². The van der Waals surface area contributed by atoms with E-state index in [-0.39, 0.29) is 17.6 Å². The van der Waals surface area contributed by atoms with Gasteiger partial charge in [-0.15, -0.1) is 10.2 Å². The number of thioether (sulfide) groups is 1. The predicted octanol–water partition coefficient (Wildman–Crippen LogP) is 4.92. The minimum absolute atomic E-state index is 0.00544. The SMILES string of the molecule is CCOc1ccc(C(C)=O)cc1CSc1nnc(C(C)N(C)C)n1-c1ccc(F)cc1. The summed E-state index contributed by atoms with van der Waals surface area (Å²) < 4.78 is 21.2. The molecular formula is C23H27FN4O2S. The van der Waals surface area contributed by atoms with Crippen molar-refractivity contribution in [3.8, 4) is 11.4 Å². The second-order valence-electron chi connectivity index (χ2n) is 7.39. The van der Waals surface area contributed by atoms with Crippen LogP contribution in [-0.4, -0.2) is 46.1 Å². The van der Waals surface area contributed by atoms with Crippen molar-refractivity contribution in [1.82, 2.24) is 19.7 Å². The number of ether oxygens (including phenoxy) is 1. The Morgan fingerprint density at radius 3 is 2.52 bits per heavy atom. The topological polar surface area (TPSA) is 60.2 Å². The van der Waals surface area contributed by atoms with Crippen molar-refractivity contribution in [2.45, 2.75) is 37.7 Å². The highest BCUT2D eigenvalue weighted by Gasteiger charge is 2.21. The minimum atomic E-state index is -0.296. The van der Waals surface area contributed by atoms with Crippen LogP contribution in [0.15, 0.2) is 47.6 Å². The van der Waals surface area contributed by atoms with Crippen LogP contribution in [0.1, 0.15) is 48.6 Å². The maximum atomic E-state index is 13.5. The van der Waals surface area contributed by atoms with E-state index in [1.54, 1.807) is 25.1 Å². The summed E-state index contributed by atoms with van der Waals surface area (Å²) in [6.45, 7) is 6.05. The number of ketones is 1. The summed E-state index contributed by atoms with van der Waals surface area (Å²) in [5, 5.41) is 9.52. The Kier molecular flexibility index (Phi) is 7.46. The molecule has 1 heterocycles. The number of Topliss-reactive ketones (excluding diaryl/α,β-unsaturated/α-hetero) is 1. The molecule has 0 bridgehead atoms. The summed E-state index contributed by atoms with van der Waals surface area (Å²) >= 11 is 1.50. The summed E-state index contributed by atoms with van der Waals surface area (Å²) in [7, 11) is 3.95. The number of hydrogen-bond donors (Lipinski definition) is 0. The molecule has 0 aliphatic heterocycles. The number of aromatic nitrogens is 3. The second-order valence-corrected chi connectivity index (χ2v) is 8.34. The van der Waals surface area contributed by atoms with Gasteiger partial charge in [0.05, 0.1) is 12.6 Å². The van der Waals surface area contributed by atoms with Crippen LogP contribution in [0.25, 0.3) is 5.69 Å². The van der Waals surface area contributed by atoms with Gasteiger partial charge in [0.1, 0.15) is 11.6 Å². The largest absolute Gasteiger partial charge is 0.494 e. The number of carbonyl (C=O) groups excluding carboxylic acids is 1. The van der Waals surface area contributed by atoms with Gasteiger partial charge < -0.3 is 4.74 Å². The standard InChI is InChI=1S/C23H27FN4O2S/c1-6-30-21-12-7-17(16(3)29)13-18(21)14-31-23-26-25-22(15(2)27(4)5)28(23)20-10-8-19(24)9-11-20/h7-13,15H,6,14H2,1-5H3. The number of rotatable bonds is 9. The van der Waals surface area contributed by atoms with Gasteiger partial charge in [-0.3, -0.25) is 14.3 Å². The Morgan fingerprint density at radius 1 is 1.19 bits per heavy atom. The van der Waals surface area contributed by atoms with Crippen LogP contribution in [0.5, 0.6) is 5.75 Å². The van der Waals surface area contributed by atoms with Gasteiger partial charge in [0.15, 0.2) is 16.8 Å². The zero-order valence-electron chi connectivity index (χ0n) is 18.4. The molecule has 6 nitrogen and oxygen atoms in total. The minimum Gasteiger partial charge on any atom is -0.494 e. The van der Waals surface area contributed by atoms with Crippen LogP contribution in [-0.2, 0) is 5.75 Å². The van der Waals surface area contributed by atoms with Gasteiger partial charge >= 0.3 is 0 Å². The first-order valence-electron chi connectivity index (χ1n) is 10.1. The molecule has 0 aliphatic rings. The van der Waals surface area contributed by atoms with Crippen molar-refractivity contribution in [3.63, 3.8) is 0 Å². The molecule has 3 rings (SSSR count). The van der Waals surface area contributed by atoms with Crippen LogP contribution in [0, 0.1) is 5.82 Å². The maximum absolute atomic E-state index is 13.5. The lowest BCUT2D eigenvalue weighted by Crippen LogP contribution is -2.20. The Morgan fingerprint density at radius 2 is 1.90 bits per heavy atom. The lowest BCUT2D eigenvalue weighted by atomic mass is 10.1. The molecular weight excluding hydrogens is 415 g/mol. The molecule has 0 saturated carbocycles. The van der Waals surface area contributed by atoms with E-state index in [1.807, 2.05) is 49.5 Å². The molecule has 1 atom stereocenters. The number of benzene rings is 2. The fourth-order valence-electron chi connectivity index (χ4n) is 3.06. The Labute approximate surface area is 186 Å². The number of hydrogen-bond acceptors (Lipinski definition) is 6. The van der Waals surface area contributed by atoms with Crippen LogP contribution in [0.2, 0.25) is 0 Å². The van der Waals surface area contributed by atoms with Crippen molar-refractivity contribution < 1.29 is 13.9 Å². The molecule has 0 N–H and O–H groups in total. The average Bonchev–Trinajstić information content (AvgIpc) is 3.16. The number of carbonyl (C=O) groups is 1. The normalized spacial score (nSPS) is 12.2. The highest BCUT2D eigenvalue weighted by atomic mass is 32.2. The van der Waals surface area contributed by atoms with Gasteiger partial charge in [-0.1, -0.05) is 11.8 Å². The summed E-state index contributed by atoms with van der Waals surface area (Å²) in [5.74, 6) is 1.77. The molecule has 0 amide bonds. The van der Waals surface area contributed by atoms with Gasteiger partial charge in [0.2, 0.25) is 0 Å². The first-order valence-corrected chi connectivity index (χ1v) is 11.1. The van der Waals surface area contributed by atoms with Gasteiger partial charge in [0.25, 0.3) is 0 Å². The highest BCUT2D eigenvalue weighted by molar-refractivity contribution is 7.98. The van der Waals surface area contributed by atoms with Crippen molar-refractivity contribution in [3.05, 3.63) is 65.2 Å². The quantitative estimate of drug-likeness (QED) is 0.346. The lowest BCUT2D eigenvalue weighted by molar-refractivity contribution is 0.101. The molecule has 164 valence electrons. The van der Waals surface area contributed by atoms with Crippen LogP contribution in [0.3, 0.4) is 0 Å². The lowest BCUT2D eigenvalue weighted by Gasteiger charge is -2.20. The summed E-state index contributed by atoms with van der Waals surface area (Å²) in [6.07, 6.45) is 0. The molecule has 8 heteroatoms. The molecule has 0 aliphatic carbocycles. The van der Waals surface area contributed by atoms with E-state index >= 15 is 0 Å².